The molecule has 7 heteroatoms. The minimum Gasteiger partial charge on any atom is -0.489 e. The molecule has 1 aromatic carbocycles. The number of amides is 1. The first-order valence-corrected chi connectivity index (χ1v) is 7.73. The number of carbonyl (C=O) groups is 2. The maximum atomic E-state index is 12.3. The lowest BCUT2D eigenvalue weighted by Gasteiger charge is -2.15. The minimum atomic E-state index is -1.06. The molecule has 0 aliphatic heterocycles. The number of halogens is 1. The van der Waals surface area contributed by atoms with E-state index in [0.29, 0.717) is 16.3 Å². The number of rotatable bonds is 7. The molecular formula is C17H18ClNO5. The highest BCUT2D eigenvalue weighted by Gasteiger charge is 2.20. The molecule has 0 saturated heterocycles. The molecule has 1 aromatic heterocycles. The van der Waals surface area contributed by atoms with Crippen molar-refractivity contribution in [3.05, 3.63) is 52.4 Å². The fourth-order valence-electron chi connectivity index (χ4n) is 2.18. The summed E-state index contributed by atoms with van der Waals surface area (Å²) in [6.45, 7) is 3.77. The maximum absolute atomic E-state index is 12.3. The molecule has 0 spiro atoms. The van der Waals surface area contributed by atoms with E-state index in [-0.39, 0.29) is 36.3 Å². The van der Waals surface area contributed by atoms with E-state index in [2.05, 4.69) is 5.32 Å². The Hall–Kier alpha value is -2.47. The Morgan fingerprint density at radius 3 is 2.62 bits per heavy atom. The molecule has 128 valence electrons. The van der Waals surface area contributed by atoms with Crippen molar-refractivity contribution in [2.24, 2.45) is 0 Å². The highest BCUT2D eigenvalue weighted by Crippen LogP contribution is 2.18. The number of hydrogen-bond acceptors (Lipinski definition) is 4. The second-order valence-electron chi connectivity index (χ2n) is 5.38. The summed E-state index contributed by atoms with van der Waals surface area (Å²) < 4.78 is 10.8. The van der Waals surface area contributed by atoms with Gasteiger partial charge in [0.15, 0.2) is 0 Å². The van der Waals surface area contributed by atoms with Gasteiger partial charge in [-0.15, -0.1) is 0 Å². The quantitative estimate of drug-likeness (QED) is 0.800. The van der Waals surface area contributed by atoms with Crippen molar-refractivity contribution in [3.63, 3.8) is 0 Å². The van der Waals surface area contributed by atoms with Gasteiger partial charge >= 0.3 is 5.97 Å². The van der Waals surface area contributed by atoms with E-state index < -0.39 is 5.97 Å². The number of nitrogens with one attached hydrogen (secondary N) is 1. The first-order valence-electron chi connectivity index (χ1n) is 7.36. The summed E-state index contributed by atoms with van der Waals surface area (Å²) in [5.41, 5.74) is 0.853. The number of ether oxygens (including phenoxy) is 1. The molecule has 2 rings (SSSR count). The van der Waals surface area contributed by atoms with Gasteiger partial charge in [-0.3, -0.25) is 9.59 Å². The third-order valence-electron chi connectivity index (χ3n) is 3.29. The molecule has 0 aliphatic carbocycles. The smallest absolute Gasteiger partial charge is 0.311 e. The van der Waals surface area contributed by atoms with Gasteiger partial charge in [0.1, 0.15) is 24.0 Å². The second-order valence-corrected chi connectivity index (χ2v) is 5.82. The molecule has 24 heavy (non-hydrogen) atoms. The molecule has 0 fully saturated rings. The largest absolute Gasteiger partial charge is 0.489 e. The molecule has 0 radical (unpaired) electrons. The van der Waals surface area contributed by atoms with E-state index in [0.717, 1.165) is 0 Å². The van der Waals surface area contributed by atoms with Crippen molar-refractivity contribution >= 4 is 23.5 Å². The molecule has 0 saturated carbocycles. The van der Waals surface area contributed by atoms with Crippen LogP contribution in [0.4, 0.5) is 0 Å². The predicted molar refractivity (Wildman–Crippen MR) is 88.7 cm³/mol. The molecule has 1 heterocycles. The molecule has 0 aliphatic rings. The van der Waals surface area contributed by atoms with Crippen LogP contribution in [-0.2, 0) is 11.2 Å². The summed E-state index contributed by atoms with van der Waals surface area (Å²) in [5, 5.41) is 12.2. The van der Waals surface area contributed by atoms with Crippen LogP contribution >= 0.6 is 11.6 Å². The molecule has 1 atom stereocenters. The van der Waals surface area contributed by atoms with Crippen molar-refractivity contribution in [1.29, 1.82) is 0 Å². The molecule has 1 unspecified atom stereocenters. The number of furan rings is 1. The lowest BCUT2D eigenvalue weighted by atomic mass is 10.1. The number of carbonyl (C=O) groups excluding carboxylic acids is 1. The van der Waals surface area contributed by atoms with Gasteiger partial charge < -0.3 is 19.6 Å². The van der Waals surface area contributed by atoms with Gasteiger partial charge in [-0.2, -0.15) is 0 Å². The summed E-state index contributed by atoms with van der Waals surface area (Å²) in [5.74, 6) is -0.655. The summed E-state index contributed by atoms with van der Waals surface area (Å²) >= 11 is 5.81. The Morgan fingerprint density at radius 1 is 1.33 bits per heavy atom. The summed E-state index contributed by atoms with van der Waals surface area (Å²) in [7, 11) is 0. The Kier molecular flexibility index (Phi) is 5.87. The Bertz CT molecular complexity index is 723. The highest BCUT2D eigenvalue weighted by atomic mass is 35.5. The van der Waals surface area contributed by atoms with Crippen LogP contribution in [0.25, 0.3) is 0 Å². The molecule has 2 N–H and O–H groups in total. The number of benzene rings is 1. The number of aryl methyl sites for hydroxylation is 1. The van der Waals surface area contributed by atoms with Crippen molar-refractivity contribution in [2.45, 2.75) is 26.4 Å². The zero-order valence-corrected chi connectivity index (χ0v) is 14.1. The van der Waals surface area contributed by atoms with E-state index in [1.807, 2.05) is 6.92 Å². The van der Waals surface area contributed by atoms with Gasteiger partial charge in [0.25, 0.3) is 5.91 Å². The number of carboxylic acid groups (broad SMARTS) is 1. The van der Waals surface area contributed by atoms with Crippen LogP contribution in [0.5, 0.6) is 5.75 Å². The summed E-state index contributed by atoms with van der Waals surface area (Å²) in [4.78, 5) is 23.1. The molecule has 6 nitrogen and oxygen atoms in total. The first kappa shape index (κ1) is 17.9. The molecule has 1 amide bonds. The molecule has 2 aromatic rings. The zero-order chi connectivity index (χ0) is 17.7. The minimum absolute atomic E-state index is 0.142. The van der Waals surface area contributed by atoms with Gasteiger partial charge in [-0.25, -0.2) is 0 Å². The molecule has 0 bridgehead atoms. The lowest BCUT2D eigenvalue weighted by Crippen LogP contribution is -2.34. The highest BCUT2D eigenvalue weighted by molar-refractivity contribution is 6.30. The lowest BCUT2D eigenvalue weighted by molar-refractivity contribution is -0.136. The van der Waals surface area contributed by atoms with Gasteiger partial charge in [0.05, 0.1) is 18.4 Å². The third-order valence-corrected chi connectivity index (χ3v) is 3.54. The van der Waals surface area contributed by atoms with Gasteiger partial charge in [0, 0.05) is 10.6 Å². The Morgan fingerprint density at radius 2 is 2.00 bits per heavy atom. The van der Waals surface area contributed by atoms with Crippen molar-refractivity contribution in [2.75, 3.05) is 6.54 Å². The zero-order valence-electron chi connectivity index (χ0n) is 13.3. The van der Waals surface area contributed by atoms with Gasteiger partial charge in [-0.05, 0) is 38.1 Å². The van der Waals surface area contributed by atoms with Crippen LogP contribution in [0, 0.1) is 6.92 Å². The summed E-state index contributed by atoms with van der Waals surface area (Å²) in [6.07, 6.45) is 0.763. The monoisotopic (exact) mass is 351 g/mol. The Balaban J connectivity index is 1.94. The van der Waals surface area contributed by atoms with Crippen LogP contribution in [0.1, 0.15) is 28.6 Å². The Labute approximate surface area is 144 Å². The van der Waals surface area contributed by atoms with E-state index in [1.54, 1.807) is 31.2 Å². The number of aliphatic carboxylic acids is 1. The van der Waals surface area contributed by atoms with Crippen LogP contribution < -0.4 is 10.1 Å². The second kappa shape index (κ2) is 7.88. The number of hydrogen-bond donors (Lipinski definition) is 2. The van der Waals surface area contributed by atoms with Crippen LogP contribution in [0.3, 0.4) is 0 Å². The fourth-order valence-corrected chi connectivity index (χ4v) is 2.31. The van der Waals surface area contributed by atoms with Crippen LogP contribution in [0.2, 0.25) is 5.02 Å². The third kappa shape index (κ3) is 4.76. The number of carboxylic acids is 1. The fraction of sp³-hybridized carbons (Fsp3) is 0.294. The average molecular weight is 352 g/mol. The van der Waals surface area contributed by atoms with Crippen molar-refractivity contribution in [3.8, 4) is 5.75 Å². The maximum Gasteiger partial charge on any atom is 0.311 e. The van der Waals surface area contributed by atoms with E-state index >= 15 is 0 Å². The van der Waals surface area contributed by atoms with Crippen LogP contribution in [-0.4, -0.2) is 29.6 Å². The summed E-state index contributed by atoms with van der Waals surface area (Å²) in [6, 6.07) is 6.92. The van der Waals surface area contributed by atoms with E-state index in [1.165, 1.54) is 6.26 Å². The van der Waals surface area contributed by atoms with E-state index in [9.17, 15) is 9.59 Å². The normalized spacial score (nSPS) is 11.8. The standard InChI is InChI=1S/C17H18ClNO5/c1-10-9-23-14(7-15(20)21)16(10)17(22)19-8-11(2)24-13-5-3-12(18)4-6-13/h3-6,9,11H,7-8H2,1-2H3,(H,19,22)(H,20,21). The molecular weight excluding hydrogens is 334 g/mol. The average Bonchev–Trinajstić information content (AvgIpc) is 2.87. The van der Waals surface area contributed by atoms with Crippen molar-refractivity contribution in [1.82, 2.24) is 5.32 Å². The SMILES string of the molecule is Cc1coc(CC(=O)O)c1C(=O)NCC(C)Oc1ccc(Cl)cc1. The first-order chi connectivity index (χ1) is 11.4. The van der Waals surface area contributed by atoms with Crippen molar-refractivity contribution < 1.29 is 23.8 Å². The van der Waals surface area contributed by atoms with Crippen LogP contribution in [0.15, 0.2) is 34.9 Å². The van der Waals surface area contributed by atoms with E-state index in [4.69, 9.17) is 25.9 Å². The predicted octanol–water partition coefficient (Wildman–Crippen LogP) is 3.07. The van der Waals surface area contributed by atoms with Gasteiger partial charge in [0.2, 0.25) is 0 Å². The topological polar surface area (TPSA) is 88.8 Å². The van der Waals surface area contributed by atoms with Gasteiger partial charge in [-0.1, -0.05) is 11.6 Å².